The van der Waals surface area contributed by atoms with Gasteiger partial charge >= 0.3 is 6.03 Å². The average Bonchev–Trinajstić information content (AvgIpc) is 3.19. The van der Waals surface area contributed by atoms with E-state index in [2.05, 4.69) is 10.3 Å². The molecule has 4 aromatic rings. The van der Waals surface area contributed by atoms with Crippen LogP contribution in [0.3, 0.4) is 0 Å². The number of methoxy groups -OCH3 is 1. The maximum Gasteiger partial charge on any atom is 0.328 e. The molecule has 56 heavy (non-hydrogen) atoms. The van der Waals surface area contributed by atoms with Gasteiger partial charge in [0.25, 0.3) is 11.5 Å². The summed E-state index contributed by atoms with van der Waals surface area (Å²) in [5, 5.41) is 3.16. The molecule has 0 saturated carbocycles. The summed E-state index contributed by atoms with van der Waals surface area (Å²) in [5.74, 6) is -2.46. The Morgan fingerprint density at radius 3 is 2.45 bits per heavy atom. The van der Waals surface area contributed by atoms with E-state index in [-0.39, 0.29) is 54.8 Å². The van der Waals surface area contributed by atoms with Gasteiger partial charge in [0.1, 0.15) is 18.0 Å². The summed E-state index contributed by atoms with van der Waals surface area (Å²) < 4.78 is 59.4. The fourth-order valence-corrected chi connectivity index (χ4v) is 7.88. The van der Waals surface area contributed by atoms with E-state index in [1.54, 1.807) is 35.4 Å². The lowest BCUT2D eigenvalue weighted by molar-refractivity contribution is -0.120. The number of nitrogens with zero attached hydrogens (tertiary/aromatic N) is 5. The van der Waals surface area contributed by atoms with E-state index >= 15 is 13.2 Å². The van der Waals surface area contributed by atoms with Crippen molar-refractivity contribution in [3.05, 3.63) is 82.5 Å². The standard InChI is InChI=1S/C41H45F3N6O6/c1-3-4-13-49-23-30(28-7-12-45-21-29(28)40(49)53)27-18-31(42)38(32(43)19-27)56-35-10-14-47(24-33(35)44)22-25-8-15-48(16-9-25)39(52)26-5-6-36(55-2)34(20-26)50-17-11-37(51)46-41(50)54/h5-7,12,18-21,23,25,33,35H,3-4,8-11,13-17,22,24H2,1-2H3,(H,46,51,54)/t33-,35-/m0/s1. The van der Waals surface area contributed by atoms with Crippen LogP contribution < -0.4 is 25.2 Å². The van der Waals surface area contributed by atoms with Gasteiger partial charge in [-0.3, -0.25) is 34.5 Å². The van der Waals surface area contributed by atoms with E-state index in [1.165, 1.54) is 29.0 Å². The Morgan fingerprint density at radius 1 is 0.982 bits per heavy atom. The molecule has 3 aliphatic rings. The van der Waals surface area contributed by atoms with Crippen molar-refractivity contribution in [2.24, 2.45) is 5.92 Å². The van der Waals surface area contributed by atoms with E-state index in [9.17, 15) is 19.2 Å². The molecular formula is C41H45F3N6O6. The number of pyridine rings is 2. The van der Waals surface area contributed by atoms with Crippen LogP contribution in [-0.2, 0) is 11.3 Å². The van der Waals surface area contributed by atoms with Crippen LogP contribution in [0.15, 0.2) is 59.8 Å². The van der Waals surface area contributed by atoms with Crippen LogP contribution in [0.1, 0.15) is 55.8 Å². The number of ether oxygens (including phenoxy) is 2. The van der Waals surface area contributed by atoms with Crippen LogP contribution in [0.4, 0.5) is 23.7 Å². The van der Waals surface area contributed by atoms with Crippen molar-refractivity contribution in [2.75, 3.05) is 51.3 Å². The largest absolute Gasteiger partial charge is 0.495 e. The van der Waals surface area contributed by atoms with E-state index in [0.717, 1.165) is 25.0 Å². The molecule has 4 amide bonds. The van der Waals surface area contributed by atoms with Gasteiger partial charge in [-0.25, -0.2) is 18.0 Å². The SMILES string of the molecule is CCCCn1cc(-c2cc(F)c(O[C@H]3CCN(CC4CCN(C(=O)c5ccc(OC)c(N6CCC(=O)NC6=O)c5)CC4)C[C@@H]3F)c(F)c2)c2ccncc2c1=O. The maximum absolute atomic E-state index is 15.6. The molecule has 15 heteroatoms. The van der Waals surface area contributed by atoms with Crippen LogP contribution >= 0.6 is 0 Å². The van der Waals surface area contributed by atoms with Crippen molar-refractivity contribution in [3.8, 4) is 22.6 Å². The average molecular weight is 775 g/mol. The van der Waals surface area contributed by atoms with Gasteiger partial charge in [-0.15, -0.1) is 0 Å². The van der Waals surface area contributed by atoms with Crippen molar-refractivity contribution >= 4 is 34.3 Å². The minimum Gasteiger partial charge on any atom is -0.495 e. The zero-order valence-electron chi connectivity index (χ0n) is 31.4. The minimum absolute atomic E-state index is 0.0504. The third kappa shape index (κ3) is 8.08. The summed E-state index contributed by atoms with van der Waals surface area (Å²) >= 11 is 0. The summed E-state index contributed by atoms with van der Waals surface area (Å²) in [6.07, 6.45) is 5.50. The molecule has 12 nitrogen and oxygen atoms in total. The highest BCUT2D eigenvalue weighted by Crippen LogP contribution is 2.35. The molecule has 0 spiro atoms. The Morgan fingerprint density at radius 2 is 1.75 bits per heavy atom. The lowest BCUT2D eigenvalue weighted by Crippen LogP contribution is -2.50. The number of piperidine rings is 2. The Labute approximate surface area is 322 Å². The number of halogens is 3. The summed E-state index contributed by atoms with van der Waals surface area (Å²) in [6.45, 7) is 4.79. The van der Waals surface area contributed by atoms with Crippen molar-refractivity contribution < 1.29 is 37.0 Å². The van der Waals surface area contributed by atoms with E-state index in [0.29, 0.717) is 78.9 Å². The van der Waals surface area contributed by atoms with Crippen LogP contribution in [0, 0.1) is 17.6 Å². The Balaban J connectivity index is 0.945. The van der Waals surface area contributed by atoms with Crippen LogP contribution in [0.25, 0.3) is 21.9 Å². The third-order valence-electron chi connectivity index (χ3n) is 11.0. The van der Waals surface area contributed by atoms with Gasteiger partial charge in [-0.1, -0.05) is 13.3 Å². The normalized spacial score (nSPS) is 19.7. The molecule has 7 rings (SSSR count). The molecule has 2 aromatic carbocycles. The summed E-state index contributed by atoms with van der Waals surface area (Å²) in [7, 11) is 1.47. The molecule has 0 unspecified atom stereocenters. The Hall–Kier alpha value is -5.44. The number of imide groups is 1. The number of urea groups is 1. The summed E-state index contributed by atoms with van der Waals surface area (Å²) in [5.41, 5.74) is 1.29. The molecule has 3 saturated heterocycles. The van der Waals surface area contributed by atoms with Gasteiger partial charge in [0.2, 0.25) is 5.91 Å². The second-order valence-corrected chi connectivity index (χ2v) is 14.7. The number of fused-ring (bicyclic) bond motifs is 1. The van der Waals surface area contributed by atoms with Gasteiger partial charge in [-0.05, 0) is 78.9 Å². The molecule has 296 valence electrons. The number of hydrogen-bond acceptors (Lipinski definition) is 8. The second kappa shape index (κ2) is 16.7. The van der Waals surface area contributed by atoms with E-state index in [1.807, 2.05) is 11.8 Å². The highest BCUT2D eigenvalue weighted by molar-refractivity contribution is 6.07. The van der Waals surface area contributed by atoms with Crippen LogP contribution in [0.5, 0.6) is 11.5 Å². The number of carbonyl (C=O) groups excluding carboxylic acids is 3. The summed E-state index contributed by atoms with van der Waals surface area (Å²) in [4.78, 5) is 59.9. The highest BCUT2D eigenvalue weighted by Gasteiger charge is 2.35. The van der Waals surface area contributed by atoms with Gasteiger partial charge in [0, 0.05) is 82.0 Å². The second-order valence-electron chi connectivity index (χ2n) is 14.7. The van der Waals surface area contributed by atoms with Crippen LogP contribution in [0.2, 0.25) is 0 Å². The quantitative estimate of drug-likeness (QED) is 0.199. The smallest absolute Gasteiger partial charge is 0.328 e. The number of hydrogen-bond donors (Lipinski definition) is 1. The number of rotatable bonds is 11. The molecule has 1 N–H and O–H groups in total. The molecule has 0 bridgehead atoms. The number of amides is 4. The zero-order valence-corrected chi connectivity index (χ0v) is 31.4. The van der Waals surface area contributed by atoms with Gasteiger partial charge in [0.15, 0.2) is 17.4 Å². The van der Waals surface area contributed by atoms with Gasteiger partial charge < -0.3 is 18.9 Å². The van der Waals surface area contributed by atoms with Crippen LogP contribution in [-0.4, -0.2) is 95.9 Å². The number of carbonyl (C=O) groups is 3. The molecule has 3 aliphatic heterocycles. The van der Waals surface area contributed by atoms with Crippen molar-refractivity contribution in [2.45, 2.75) is 64.3 Å². The number of aryl methyl sites for hydroxylation is 1. The fourth-order valence-electron chi connectivity index (χ4n) is 7.88. The summed E-state index contributed by atoms with van der Waals surface area (Å²) in [6, 6.07) is 8.28. The molecule has 2 atom stereocenters. The molecule has 0 radical (unpaired) electrons. The third-order valence-corrected chi connectivity index (χ3v) is 11.0. The molecule has 5 heterocycles. The first-order valence-electron chi connectivity index (χ1n) is 19.1. The van der Waals surface area contributed by atoms with Gasteiger partial charge in [0.05, 0.1) is 18.2 Å². The number of unbranched alkanes of at least 4 members (excludes halogenated alkanes) is 1. The number of nitrogens with one attached hydrogen (secondary N) is 1. The molecule has 0 aliphatic carbocycles. The number of alkyl halides is 1. The Kier molecular flexibility index (Phi) is 11.6. The molecule has 2 aromatic heterocycles. The Bertz CT molecular complexity index is 2170. The molecule has 3 fully saturated rings. The highest BCUT2D eigenvalue weighted by atomic mass is 19.1. The fraction of sp³-hybridized carbons (Fsp3) is 0.439. The van der Waals surface area contributed by atoms with Crippen molar-refractivity contribution in [1.82, 2.24) is 24.7 Å². The predicted molar refractivity (Wildman–Crippen MR) is 204 cm³/mol. The first kappa shape index (κ1) is 38.8. The van der Waals surface area contributed by atoms with Gasteiger partial charge in [-0.2, -0.15) is 0 Å². The minimum atomic E-state index is -1.48. The van der Waals surface area contributed by atoms with E-state index in [4.69, 9.17) is 9.47 Å². The first-order valence-corrected chi connectivity index (χ1v) is 19.1. The number of aromatic nitrogens is 2. The number of benzene rings is 2. The number of anilines is 1. The lowest BCUT2D eigenvalue weighted by atomic mass is 9.94. The number of likely N-dealkylation sites (tertiary alicyclic amines) is 2. The predicted octanol–water partition coefficient (Wildman–Crippen LogP) is 5.94. The van der Waals surface area contributed by atoms with Crippen molar-refractivity contribution in [1.29, 1.82) is 0 Å². The molecular weight excluding hydrogens is 729 g/mol. The lowest BCUT2D eigenvalue weighted by Gasteiger charge is -2.39. The first-order chi connectivity index (χ1) is 27.0. The van der Waals surface area contributed by atoms with Crippen molar-refractivity contribution in [3.63, 3.8) is 0 Å². The zero-order chi connectivity index (χ0) is 39.5. The topological polar surface area (TPSA) is 126 Å². The van der Waals surface area contributed by atoms with E-state index < -0.39 is 35.7 Å². The maximum atomic E-state index is 15.6. The monoisotopic (exact) mass is 774 g/mol.